The minimum Gasteiger partial charge on any atom is -0.287 e. The quantitative estimate of drug-likeness (QED) is 0.479. The maximum Gasteiger partial charge on any atom is 0.321 e. The molecule has 0 radical (unpaired) electrons. The van der Waals surface area contributed by atoms with Crippen molar-refractivity contribution in [3.8, 4) is 0 Å². The first-order valence-electron chi connectivity index (χ1n) is 5.87. The van der Waals surface area contributed by atoms with E-state index in [1.165, 1.54) is 11.6 Å². The van der Waals surface area contributed by atoms with Crippen LogP contribution in [0.3, 0.4) is 0 Å². The van der Waals surface area contributed by atoms with Crippen molar-refractivity contribution in [3.05, 3.63) is 57.4 Å². The van der Waals surface area contributed by atoms with E-state index in [4.69, 9.17) is 0 Å². The summed E-state index contributed by atoms with van der Waals surface area (Å²) in [6, 6.07) is 8.49. The molecule has 2 rings (SSSR count). The molecule has 0 amide bonds. The molecule has 1 aromatic carbocycles. The summed E-state index contributed by atoms with van der Waals surface area (Å²) in [5, 5.41) is 15.2. The van der Waals surface area contributed by atoms with Gasteiger partial charge < -0.3 is 0 Å². The number of aromatic nitrogens is 2. The van der Waals surface area contributed by atoms with Gasteiger partial charge in [-0.15, -0.1) is 0 Å². The molecule has 0 spiro atoms. The molecule has 0 aliphatic carbocycles. The maximum absolute atomic E-state index is 12.4. The second-order valence-corrected chi connectivity index (χ2v) is 4.05. The fourth-order valence-electron chi connectivity index (χ4n) is 1.97. The highest BCUT2D eigenvalue weighted by Gasteiger charge is 2.30. The van der Waals surface area contributed by atoms with Crippen LogP contribution in [0, 0.1) is 17.0 Å². The average Bonchev–Trinajstić information content (AvgIpc) is 2.75. The highest BCUT2D eigenvalue weighted by atomic mass is 16.6. The van der Waals surface area contributed by atoms with Crippen LogP contribution in [0.1, 0.15) is 28.7 Å². The van der Waals surface area contributed by atoms with E-state index in [0.29, 0.717) is 12.1 Å². The van der Waals surface area contributed by atoms with Crippen LogP contribution in [-0.4, -0.2) is 20.5 Å². The zero-order chi connectivity index (χ0) is 14.0. The van der Waals surface area contributed by atoms with Crippen LogP contribution in [0.25, 0.3) is 0 Å². The Morgan fingerprint density at radius 1 is 1.37 bits per heavy atom. The molecule has 0 fully saturated rings. The summed E-state index contributed by atoms with van der Waals surface area (Å²) < 4.78 is 1.38. The fourth-order valence-corrected chi connectivity index (χ4v) is 1.97. The van der Waals surface area contributed by atoms with Crippen LogP contribution in [0.2, 0.25) is 0 Å². The number of hydrogen-bond donors (Lipinski definition) is 0. The number of benzene rings is 1. The molecular formula is C13H13N3O3. The molecule has 0 aliphatic heterocycles. The SMILES string of the molecule is CCn1nc(C)c([N+](=O)[O-])c1C(=O)c1ccccc1. The van der Waals surface area contributed by atoms with Crippen molar-refractivity contribution < 1.29 is 9.72 Å². The van der Waals surface area contributed by atoms with Crippen molar-refractivity contribution in [1.82, 2.24) is 9.78 Å². The van der Waals surface area contributed by atoms with E-state index in [2.05, 4.69) is 5.10 Å². The van der Waals surface area contributed by atoms with Crippen molar-refractivity contribution >= 4 is 11.5 Å². The minimum atomic E-state index is -0.551. The molecule has 0 saturated heterocycles. The molecule has 0 bridgehead atoms. The molecule has 0 aliphatic rings. The van der Waals surface area contributed by atoms with Crippen LogP contribution in [0.15, 0.2) is 30.3 Å². The topological polar surface area (TPSA) is 78.0 Å². The number of nitro groups is 1. The number of ketones is 1. The van der Waals surface area contributed by atoms with E-state index in [-0.39, 0.29) is 22.9 Å². The zero-order valence-electron chi connectivity index (χ0n) is 10.7. The molecule has 0 unspecified atom stereocenters. The molecule has 19 heavy (non-hydrogen) atoms. The number of hydrogen-bond acceptors (Lipinski definition) is 4. The third-order valence-electron chi connectivity index (χ3n) is 2.83. The number of carbonyl (C=O) groups excluding carboxylic acids is 1. The monoisotopic (exact) mass is 259 g/mol. The summed E-state index contributed by atoms with van der Waals surface area (Å²) in [6.07, 6.45) is 0. The molecule has 1 aromatic heterocycles. The van der Waals surface area contributed by atoms with Gasteiger partial charge in [0.2, 0.25) is 5.78 Å². The van der Waals surface area contributed by atoms with Gasteiger partial charge in [-0.05, 0) is 13.8 Å². The first-order chi connectivity index (χ1) is 9.06. The second-order valence-electron chi connectivity index (χ2n) is 4.05. The summed E-state index contributed by atoms with van der Waals surface area (Å²) in [6.45, 7) is 3.73. The van der Waals surface area contributed by atoms with E-state index in [1.54, 1.807) is 37.3 Å². The van der Waals surface area contributed by atoms with Gasteiger partial charge in [-0.1, -0.05) is 30.3 Å². The minimum absolute atomic E-state index is 0.0381. The first-order valence-corrected chi connectivity index (χ1v) is 5.87. The molecule has 98 valence electrons. The molecular weight excluding hydrogens is 246 g/mol. The standard InChI is InChI=1S/C13H13N3O3/c1-3-15-12(11(16(18)19)9(2)14-15)13(17)10-7-5-4-6-8-10/h4-8H,3H2,1-2H3. The van der Waals surface area contributed by atoms with Crippen LogP contribution in [0.4, 0.5) is 5.69 Å². The Morgan fingerprint density at radius 3 is 2.53 bits per heavy atom. The van der Waals surface area contributed by atoms with E-state index in [1.807, 2.05) is 0 Å². The van der Waals surface area contributed by atoms with E-state index in [9.17, 15) is 14.9 Å². The van der Waals surface area contributed by atoms with Crippen LogP contribution in [0.5, 0.6) is 0 Å². The molecule has 1 heterocycles. The first kappa shape index (κ1) is 12.9. The number of aryl methyl sites for hydroxylation is 2. The predicted octanol–water partition coefficient (Wildman–Crippen LogP) is 2.35. The molecule has 2 aromatic rings. The van der Waals surface area contributed by atoms with Crippen molar-refractivity contribution in [2.45, 2.75) is 20.4 Å². The van der Waals surface area contributed by atoms with Crippen molar-refractivity contribution in [2.75, 3.05) is 0 Å². The summed E-state index contributed by atoms with van der Waals surface area (Å²) in [7, 11) is 0. The van der Waals surface area contributed by atoms with Gasteiger partial charge in [-0.2, -0.15) is 5.10 Å². The van der Waals surface area contributed by atoms with Gasteiger partial charge >= 0.3 is 5.69 Å². The van der Waals surface area contributed by atoms with E-state index in [0.717, 1.165) is 0 Å². The Kier molecular flexibility index (Phi) is 3.41. The molecule has 6 nitrogen and oxygen atoms in total. The van der Waals surface area contributed by atoms with E-state index < -0.39 is 4.92 Å². The van der Waals surface area contributed by atoms with Gasteiger partial charge in [-0.3, -0.25) is 19.6 Å². The zero-order valence-corrected chi connectivity index (χ0v) is 10.7. The summed E-state index contributed by atoms with van der Waals surface area (Å²) in [4.78, 5) is 23.0. The Hall–Kier alpha value is -2.50. The summed E-state index contributed by atoms with van der Waals surface area (Å²) in [5.41, 5.74) is 0.498. The lowest BCUT2D eigenvalue weighted by Crippen LogP contribution is -2.12. The van der Waals surface area contributed by atoms with Crippen molar-refractivity contribution in [3.63, 3.8) is 0 Å². The lowest BCUT2D eigenvalue weighted by Gasteiger charge is -2.03. The number of nitrogens with zero attached hydrogens (tertiary/aromatic N) is 3. The Labute approximate surface area is 109 Å². The predicted molar refractivity (Wildman–Crippen MR) is 69.2 cm³/mol. The summed E-state index contributed by atoms with van der Waals surface area (Å²) >= 11 is 0. The molecule has 6 heteroatoms. The Balaban J connectivity index is 2.61. The smallest absolute Gasteiger partial charge is 0.287 e. The van der Waals surface area contributed by atoms with Gasteiger partial charge in [0.1, 0.15) is 5.69 Å². The fraction of sp³-hybridized carbons (Fsp3) is 0.231. The third-order valence-corrected chi connectivity index (χ3v) is 2.83. The highest BCUT2D eigenvalue weighted by molar-refractivity contribution is 6.10. The maximum atomic E-state index is 12.4. The average molecular weight is 259 g/mol. The molecule has 0 atom stereocenters. The van der Waals surface area contributed by atoms with Gasteiger partial charge in [0, 0.05) is 12.1 Å². The third kappa shape index (κ3) is 2.24. The molecule has 0 N–H and O–H groups in total. The summed E-state index contributed by atoms with van der Waals surface area (Å²) in [5.74, 6) is -0.380. The second kappa shape index (κ2) is 5.01. The molecule has 0 saturated carbocycles. The van der Waals surface area contributed by atoms with E-state index >= 15 is 0 Å². The van der Waals surface area contributed by atoms with Crippen LogP contribution < -0.4 is 0 Å². The Morgan fingerprint density at radius 2 is 2.00 bits per heavy atom. The van der Waals surface area contributed by atoms with Gasteiger partial charge in [0.05, 0.1) is 4.92 Å². The van der Waals surface area contributed by atoms with Crippen molar-refractivity contribution in [1.29, 1.82) is 0 Å². The number of rotatable bonds is 4. The van der Waals surface area contributed by atoms with Crippen molar-refractivity contribution in [2.24, 2.45) is 0 Å². The number of carbonyl (C=O) groups is 1. The lowest BCUT2D eigenvalue weighted by molar-refractivity contribution is -0.385. The van der Waals surface area contributed by atoms with Gasteiger partial charge in [-0.25, -0.2) is 0 Å². The van der Waals surface area contributed by atoms with Crippen LogP contribution in [-0.2, 0) is 6.54 Å². The largest absolute Gasteiger partial charge is 0.321 e. The van der Waals surface area contributed by atoms with Gasteiger partial charge in [0.15, 0.2) is 5.69 Å². The lowest BCUT2D eigenvalue weighted by atomic mass is 10.1. The highest BCUT2D eigenvalue weighted by Crippen LogP contribution is 2.25. The normalized spacial score (nSPS) is 10.4. The Bertz CT molecular complexity index is 632. The van der Waals surface area contributed by atoms with Gasteiger partial charge in [0.25, 0.3) is 0 Å². The van der Waals surface area contributed by atoms with Crippen LogP contribution >= 0.6 is 0 Å².